The average molecular weight is 503 g/mol. The van der Waals surface area contributed by atoms with E-state index in [1.807, 2.05) is 83.8 Å². The number of fused-ring (bicyclic) bond motifs is 3. The number of thioether (sulfide) groups is 1. The zero-order valence-corrected chi connectivity index (χ0v) is 20.4. The van der Waals surface area contributed by atoms with Gasteiger partial charge < -0.3 is 5.32 Å². The topological polar surface area (TPSA) is 74.1 Å². The highest BCUT2D eigenvalue weighted by Gasteiger charge is 2.42. The van der Waals surface area contributed by atoms with Gasteiger partial charge in [-0.3, -0.25) is 14.5 Å². The number of nitrogens with one attached hydrogen (secondary N) is 1. The molecule has 8 heteroatoms. The summed E-state index contributed by atoms with van der Waals surface area (Å²) in [6, 6.07) is 24.5. The standard InChI is InChI=1S/C27H23ClN4O2S/c28-20-12-10-19(11-13-20)17-35-27-30-22-9-5-4-8-21(22)25-31-26(34)23(32(25)27)16-24(33)29-15-14-18-6-2-1-3-7-18/h1-13,23H,14-17H2,(H,29,33). The van der Waals surface area contributed by atoms with E-state index in [0.29, 0.717) is 28.3 Å². The van der Waals surface area contributed by atoms with Crippen LogP contribution in [-0.4, -0.2) is 40.3 Å². The summed E-state index contributed by atoms with van der Waals surface area (Å²) in [5.41, 5.74) is 3.79. The van der Waals surface area contributed by atoms with E-state index in [9.17, 15) is 9.59 Å². The molecule has 1 N–H and O–H groups in total. The van der Waals surface area contributed by atoms with Crippen LogP contribution in [0.25, 0.3) is 0 Å². The predicted molar refractivity (Wildman–Crippen MR) is 141 cm³/mol. The van der Waals surface area contributed by atoms with Gasteiger partial charge >= 0.3 is 0 Å². The Morgan fingerprint density at radius 3 is 2.49 bits per heavy atom. The largest absolute Gasteiger partial charge is 0.356 e. The Hall–Kier alpha value is -3.42. The zero-order chi connectivity index (χ0) is 24.2. The summed E-state index contributed by atoms with van der Waals surface area (Å²) in [5.74, 6) is 0.694. The van der Waals surface area contributed by atoms with Gasteiger partial charge in [0.2, 0.25) is 5.91 Å². The first-order valence-electron chi connectivity index (χ1n) is 11.4. The molecule has 5 rings (SSSR count). The van der Waals surface area contributed by atoms with Gasteiger partial charge in [-0.25, -0.2) is 4.99 Å². The van der Waals surface area contributed by atoms with Crippen LogP contribution in [0, 0.1) is 0 Å². The molecule has 0 fully saturated rings. The average Bonchev–Trinajstić information content (AvgIpc) is 3.20. The van der Waals surface area contributed by atoms with Crippen molar-refractivity contribution in [2.75, 3.05) is 6.54 Å². The SMILES string of the molecule is O=C(CC1C(=O)N=C2c3ccccc3N=C(SCc3ccc(Cl)cc3)N21)NCCc1ccccc1. The third kappa shape index (κ3) is 5.31. The van der Waals surface area contributed by atoms with Crippen molar-refractivity contribution < 1.29 is 9.59 Å². The molecule has 6 nitrogen and oxygen atoms in total. The number of carbonyl (C=O) groups excluding carboxylic acids is 2. The third-order valence-corrected chi connectivity index (χ3v) is 7.12. The molecule has 0 radical (unpaired) electrons. The summed E-state index contributed by atoms with van der Waals surface area (Å²) in [4.78, 5) is 36.7. The van der Waals surface area contributed by atoms with E-state index in [-0.39, 0.29) is 18.2 Å². The van der Waals surface area contributed by atoms with Gasteiger partial charge in [0.15, 0.2) is 5.17 Å². The van der Waals surface area contributed by atoms with Crippen LogP contribution in [-0.2, 0) is 21.8 Å². The summed E-state index contributed by atoms with van der Waals surface area (Å²) in [5, 5.41) is 4.28. The fourth-order valence-electron chi connectivity index (χ4n) is 4.07. The number of para-hydroxylation sites is 1. The van der Waals surface area contributed by atoms with Crippen LogP contribution in [0.4, 0.5) is 5.69 Å². The Labute approximate surface area is 213 Å². The monoisotopic (exact) mass is 502 g/mol. The minimum absolute atomic E-state index is 0.0172. The Morgan fingerprint density at radius 2 is 1.69 bits per heavy atom. The number of amides is 2. The summed E-state index contributed by atoms with van der Waals surface area (Å²) < 4.78 is 0. The number of hydrogen-bond acceptors (Lipinski definition) is 5. The van der Waals surface area contributed by atoms with Gasteiger partial charge in [-0.2, -0.15) is 4.99 Å². The van der Waals surface area contributed by atoms with E-state index in [1.54, 1.807) is 0 Å². The number of benzene rings is 3. The molecule has 0 saturated carbocycles. The first-order chi connectivity index (χ1) is 17.1. The summed E-state index contributed by atoms with van der Waals surface area (Å²) >= 11 is 7.53. The number of aliphatic imine (C=N–C) groups is 2. The molecule has 35 heavy (non-hydrogen) atoms. The highest BCUT2D eigenvalue weighted by atomic mass is 35.5. The lowest BCUT2D eigenvalue weighted by Crippen LogP contribution is -2.46. The number of nitrogens with zero attached hydrogens (tertiary/aromatic N) is 3. The molecule has 0 aliphatic carbocycles. The fourth-order valence-corrected chi connectivity index (χ4v) is 5.20. The van der Waals surface area contributed by atoms with Crippen LogP contribution in [0.5, 0.6) is 0 Å². The van der Waals surface area contributed by atoms with E-state index in [4.69, 9.17) is 16.6 Å². The number of hydrogen-bond donors (Lipinski definition) is 1. The maximum Gasteiger partial charge on any atom is 0.271 e. The maximum atomic E-state index is 13.0. The van der Waals surface area contributed by atoms with Gasteiger partial charge in [0.25, 0.3) is 5.91 Å². The van der Waals surface area contributed by atoms with Crippen molar-refractivity contribution in [2.45, 2.75) is 24.6 Å². The number of amidine groups is 2. The van der Waals surface area contributed by atoms with Gasteiger partial charge in [-0.05, 0) is 41.8 Å². The molecule has 1 unspecified atom stereocenters. The van der Waals surface area contributed by atoms with Crippen molar-refractivity contribution in [3.63, 3.8) is 0 Å². The molecule has 3 aromatic carbocycles. The van der Waals surface area contributed by atoms with E-state index in [2.05, 4.69) is 10.3 Å². The summed E-state index contributed by atoms with van der Waals surface area (Å²) in [6.07, 6.45) is 0.747. The highest BCUT2D eigenvalue weighted by molar-refractivity contribution is 8.13. The Morgan fingerprint density at radius 1 is 0.943 bits per heavy atom. The van der Waals surface area contributed by atoms with Crippen molar-refractivity contribution in [3.8, 4) is 0 Å². The molecule has 2 heterocycles. The second-order valence-electron chi connectivity index (χ2n) is 8.28. The minimum Gasteiger partial charge on any atom is -0.356 e. The van der Waals surface area contributed by atoms with Crippen LogP contribution >= 0.6 is 23.4 Å². The van der Waals surface area contributed by atoms with Gasteiger partial charge in [0.1, 0.15) is 11.9 Å². The Kier molecular flexibility index (Phi) is 6.97. The highest BCUT2D eigenvalue weighted by Crippen LogP contribution is 2.35. The van der Waals surface area contributed by atoms with Crippen LogP contribution < -0.4 is 5.32 Å². The minimum atomic E-state index is -0.716. The van der Waals surface area contributed by atoms with E-state index in [1.165, 1.54) is 11.8 Å². The lowest BCUT2D eigenvalue weighted by molar-refractivity contribution is -0.126. The molecule has 0 saturated heterocycles. The lowest BCUT2D eigenvalue weighted by atomic mass is 10.1. The third-order valence-electron chi connectivity index (χ3n) is 5.85. The van der Waals surface area contributed by atoms with E-state index >= 15 is 0 Å². The Bertz CT molecular complexity index is 1310. The first kappa shape index (κ1) is 23.3. The van der Waals surface area contributed by atoms with Crippen molar-refractivity contribution in [2.24, 2.45) is 9.98 Å². The number of carbonyl (C=O) groups is 2. The van der Waals surface area contributed by atoms with Crippen molar-refractivity contribution in [3.05, 3.63) is 101 Å². The molecule has 3 aromatic rings. The molecule has 2 aliphatic heterocycles. The lowest BCUT2D eigenvalue weighted by Gasteiger charge is -2.30. The zero-order valence-electron chi connectivity index (χ0n) is 18.9. The molecule has 0 aromatic heterocycles. The van der Waals surface area contributed by atoms with Crippen molar-refractivity contribution >= 4 is 51.9 Å². The molecule has 0 bridgehead atoms. The van der Waals surface area contributed by atoms with Gasteiger partial charge in [0.05, 0.1) is 12.1 Å². The fraction of sp³-hybridized carbons (Fsp3) is 0.185. The van der Waals surface area contributed by atoms with Crippen LogP contribution in [0.1, 0.15) is 23.1 Å². The predicted octanol–water partition coefficient (Wildman–Crippen LogP) is 4.98. The maximum absolute atomic E-state index is 13.0. The first-order valence-corrected chi connectivity index (χ1v) is 12.7. The Balaban J connectivity index is 1.31. The second kappa shape index (κ2) is 10.5. The van der Waals surface area contributed by atoms with Gasteiger partial charge in [0, 0.05) is 22.9 Å². The van der Waals surface area contributed by atoms with Gasteiger partial charge in [-0.1, -0.05) is 78.0 Å². The smallest absolute Gasteiger partial charge is 0.271 e. The number of rotatable bonds is 7. The molecule has 176 valence electrons. The van der Waals surface area contributed by atoms with E-state index in [0.717, 1.165) is 28.8 Å². The van der Waals surface area contributed by atoms with Crippen LogP contribution in [0.15, 0.2) is 88.8 Å². The van der Waals surface area contributed by atoms with Crippen molar-refractivity contribution in [1.29, 1.82) is 0 Å². The molecule has 0 spiro atoms. The molecule has 2 amide bonds. The second-order valence-corrected chi connectivity index (χ2v) is 9.65. The molecular weight excluding hydrogens is 480 g/mol. The number of halogens is 1. The summed E-state index contributed by atoms with van der Waals surface area (Å²) in [6.45, 7) is 0.507. The molecule has 2 aliphatic rings. The quantitative estimate of drug-likeness (QED) is 0.494. The van der Waals surface area contributed by atoms with Gasteiger partial charge in [-0.15, -0.1) is 0 Å². The van der Waals surface area contributed by atoms with Crippen LogP contribution in [0.2, 0.25) is 5.02 Å². The normalized spacial score (nSPS) is 16.3. The van der Waals surface area contributed by atoms with E-state index < -0.39 is 6.04 Å². The molecule has 1 atom stereocenters. The van der Waals surface area contributed by atoms with Crippen LogP contribution in [0.3, 0.4) is 0 Å². The van der Waals surface area contributed by atoms with Crippen molar-refractivity contribution in [1.82, 2.24) is 10.2 Å². The molecular formula is C27H23ClN4O2S. The summed E-state index contributed by atoms with van der Waals surface area (Å²) in [7, 11) is 0.